The van der Waals surface area contributed by atoms with Crippen LogP contribution in [-0.2, 0) is 0 Å². The summed E-state index contributed by atoms with van der Waals surface area (Å²) < 4.78 is 20.3. The summed E-state index contributed by atoms with van der Waals surface area (Å²) in [5, 5.41) is 13.9. The van der Waals surface area contributed by atoms with Gasteiger partial charge in [-0.25, -0.2) is 4.39 Å². The summed E-state index contributed by atoms with van der Waals surface area (Å²) in [6, 6.07) is 19.4. The van der Waals surface area contributed by atoms with E-state index in [-0.39, 0.29) is 17.6 Å². The van der Waals surface area contributed by atoms with E-state index in [0.717, 1.165) is 32.6 Å². The molecule has 1 heterocycles. The van der Waals surface area contributed by atoms with Crippen molar-refractivity contribution < 1.29 is 14.2 Å². The molecule has 0 aliphatic carbocycles. The van der Waals surface area contributed by atoms with Gasteiger partial charge < -0.3 is 9.84 Å². The van der Waals surface area contributed by atoms with E-state index in [2.05, 4.69) is 21.2 Å². The van der Waals surface area contributed by atoms with Crippen LogP contribution in [0.2, 0.25) is 0 Å². The summed E-state index contributed by atoms with van der Waals surface area (Å²) >= 11 is 3.48. The van der Waals surface area contributed by atoms with Crippen molar-refractivity contribution in [3.63, 3.8) is 0 Å². The van der Waals surface area contributed by atoms with Gasteiger partial charge in [0.25, 0.3) is 0 Å². The van der Waals surface area contributed by atoms with E-state index in [1.165, 1.54) is 12.1 Å². The molecule has 4 rings (SSSR count). The zero-order valence-corrected chi connectivity index (χ0v) is 18.1. The molecule has 0 aromatic heterocycles. The first-order chi connectivity index (χ1) is 14.5. The summed E-state index contributed by atoms with van der Waals surface area (Å²) in [4.78, 5) is 4.87. The van der Waals surface area contributed by atoms with Gasteiger partial charge in [-0.3, -0.25) is 10.3 Å². The Labute approximate surface area is 183 Å². The monoisotopic (exact) mass is 468 g/mol. The van der Waals surface area contributed by atoms with E-state index in [9.17, 15) is 9.50 Å². The Hall–Kier alpha value is -2.70. The van der Waals surface area contributed by atoms with Crippen LogP contribution in [0.3, 0.4) is 0 Å². The predicted molar refractivity (Wildman–Crippen MR) is 120 cm³/mol. The van der Waals surface area contributed by atoms with Crippen LogP contribution in [-0.4, -0.2) is 17.4 Å². The third kappa shape index (κ3) is 4.55. The molecule has 2 atom stereocenters. The highest BCUT2D eigenvalue weighted by atomic mass is 79.9. The fourth-order valence-electron chi connectivity index (χ4n) is 3.64. The SMILES string of the molecule is CCOc1ccc(C2=N[C@@H](c3cccc(F)c3)N[C@H](c3cc(Br)ccc3O)C2)cc1. The van der Waals surface area contributed by atoms with Crippen molar-refractivity contribution in [2.24, 2.45) is 4.99 Å². The summed E-state index contributed by atoms with van der Waals surface area (Å²) in [6.07, 6.45) is 0.156. The zero-order valence-electron chi connectivity index (χ0n) is 16.5. The smallest absolute Gasteiger partial charge is 0.126 e. The number of phenols is 1. The number of hydrogen-bond acceptors (Lipinski definition) is 4. The molecule has 30 heavy (non-hydrogen) atoms. The quantitative estimate of drug-likeness (QED) is 0.488. The first-order valence-electron chi connectivity index (χ1n) is 9.83. The summed E-state index contributed by atoms with van der Waals surface area (Å²) in [5.41, 5.74) is 3.36. The first kappa shape index (κ1) is 20.6. The van der Waals surface area contributed by atoms with Gasteiger partial charge in [0.15, 0.2) is 0 Å². The molecule has 0 saturated heterocycles. The van der Waals surface area contributed by atoms with Gasteiger partial charge in [-0.1, -0.05) is 28.1 Å². The fourth-order valence-corrected chi connectivity index (χ4v) is 4.02. The van der Waals surface area contributed by atoms with Crippen LogP contribution in [0.5, 0.6) is 11.5 Å². The molecule has 0 fully saturated rings. The Bertz CT molecular complexity index is 1070. The lowest BCUT2D eigenvalue weighted by atomic mass is 9.93. The van der Waals surface area contributed by atoms with Crippen molar-refractivity contribution >= 4 is 21.6 Å². The molecule has 4 nitrogen and oxygen atoms in total. The molecular formula is C24H22BrFN2O2. The van der Waals surface area contributed by atoms with Gasteiger partial charge in [0.2, 0.25) is 0 Å². The number of nitrogens with one attached hydrogen (secondary N) is 1. The minimum Gasteiger partial charge on any atom is -0.508 e. The highest BCUT2D eigenvalue weighted by molar-refractivity contribution is 9.10. The van der Waals surface area contributed by atoms with E-state index in [0.29, 0.717) is 13.0 Å². The highest BCUT2D eigenvalue weighted by Gasteiger charge is 2.28. The van der Waals surface area contributed by atoms with E-state index in [1.807, 2.05) is 43.3 Å². The van der Waals surface area contributed by atoms with Gasteiger partial charge in [0.05, 0.1) is 6.61 Å². The largest absolute Gasteiger partial charge is 0.508 e. The van der Waals surface area contributed by atoms with Gasteiger partial charge in [0, 0.05) is 28.2 Å². The van der Waals surface area contributed by atoms with Crippen LogP contribution in [0.25, 0.3) is 0 Å². The zero-order chi connectivity index (χ0) is 21.1. The Morgan fingerprint density at radius 2 is 1.93 bits per heavy atom. The van der Waals surface area contributed by atoms with Crippen LogP contribution in [0.1, 0.15) is 42.2 Å². The normalized spacial score (nSPS) is 18.7. The van der Waals surface area contributed by atoms with E-state index >= 15 is 0 Å². The maximum atomic E-state index is 13.9. The lowest BCUT2D eigenvalue weighted by Gasteiger charge is -2.31. The van der Waals surface area contributed by atoms with Gasteiger partial charge in [0.1, 0.15) is 23.5 Å². The van der Waals surface area contributed by atoms with Gasteiger partial charge >= 0.3 is 0 Å². The van der Waals surface area contributed by atoms with E-state index < -0.39 is 6.17 Å². The molecule has 154 valence electrons. The van der Waals surface area contributed by atoms with Crippen LogP contribution in [0, 0.1) is 5.82 Å². The van der Waals surface area contributed by atoms with Crippen molar-refractivity contribution in [1.29, 1.82) is 0 Å². The number of benzene rings is 3. The second-order valence-electron chi connectivity index (χ2n) is 7.12. The Balaban J connectivity index is 1.73. The Morgan fingerprint density at radius 3 is 2.67 bits per heavy atom. The van der Waals surface area contributed by atoms with E-state index in [1.54, 1.807) is 18.2 Å². The third-order valence-electron chi connectivity index (χ3n) is 5.07. The topological polar surface area (TPSA) is 53.8 Å². The van der Waals surface area contributed by atoms with Crippen molar-refractivity contribution in [3.8, 4) is 11.5 Å². The molecule has 0 unspecified atom stereocenters. The minimum atomic E-state index is -0.431. The number of rotatable bonds is 5. The predicted octanol–water partition coefficient (Wildman–Crippen LogP) is 5.92. The molecule has 0 saturated carbocycles. The average Bonchev–Trinajstić information content (AvgIpc) is 2.76. The maximum Gasteiger partial charge on any atom is 0.126 e. The summed E-state index contributed by atoms with van der Waals surface area (Å²) in [7, 11) is 0. The third-order valence-corrected chi connectivity index (χ3v) is 5.56. The second kappa shape index (κ2) is 8.98. The van der Waals surface area contributed by atoms with Crippen LogP contribution in [0.4, 0.5) is 4.39 Å². The van der Waals surface area contributed by atoms with Crippen molar-refractivity contribution in [2.45, 2.75) is 25.6 Å². The molecule has 0 radical (unpaired) electrons. The number of hydrogen-bond donors (Lipinski definition) is 2. The lowest BCUT2D eigenvalue weighted by Crippen LogP contribution is -2.33. The van der Waals surface area contributed by atoms with Crippen molar-refractivity contribution in [3.05, 3.63) is 93.7 Å². The number of nitrogens with zero attached hydrogens (tertiary/aromatic N) is 1. The van der Waals surface area contributed by atoms with Crippen LogP contribution >= 0.6 is 15.9 Å². The molecule has 3 aromatic rings. The molecule has 0 amide bonds. The summed E-state index contributed by atoms with van der Waals surface area (Å²) in [6.45, 7) is 2.56. The molecular weight excluding hydrogens is 447 g/mol. The Morgan fingerprint density at radius 1 is 1.13 bits per heavy atom. The molecule has 1 aliphatic rings. The van der Waals surface area contributed by atoms with Gasteiger partial charge in [-0.15, -0.1) is 0 Å². The van der Waals surface area contributed by atoms with Crippen LogP contribution < -0.4 is 10.1 Å². The van der Waals surface area contributed by atoms with Gasteiger partial charge in [-0.2, -0.15) is 0 Å². The number of halogens is 2. The highest BCUT2D eigenvalue weighted by Crippen LogP contribution is 2.36. The number of aliphatic imine (C=N–C) groups is 1. The number of phenolic OH excluding ortho intramolecular Hbond substituents is 1. The van der Waals surface area contributed by atoms with Gasteiger partial charge in [-0.05, 0) is 72.6 Å². The minimum absolute atomic E-state index is 0.185. The molecule has 6 heteroatoms. The number of aromatic hydroxyl groups is 1. The van der Waals surface area contributed by atoms with Crippen molar-refractivity contribution in [2.75, 3.05) is 6.61 Å². The molecule has 3 aromatic carbocycles. The second-order valence-corrected chi connectivity index (χ2v) is 8.03. The standard InChI is InChI=1S/C24H22BrFN2O2/c1-2-30-19-9-6-15(7-10-19)21-14-22(20-13-17(25)8-11-23(20)29)28-24(27-21)16-4-3-5-18(26)12-16/h3-13,22,24,28-29H,2,14H2,1H3/t22-,24+/m0/s1. The molecule has 2 N–H and O–H groups in total. The number of ether oxygens (including phenoxy) is 1. The van der Waals surface area contributed by atoms with Crippen molar-refractivity contribution in [1.82, 2.24) is 5.32 Å². The Kier molecular flexibility index (Phi) is 6.16. The van der Waals surface area contributed by atoms with E-state index in [4.69, 9.17) is 9.73 Å². The van der Waals surface area contributed by atoms with Crippen LogP contribution in [0.15, 0.2) is 76.2 Å². The molecule has 1 aliphatic heterocycles. The fraction of sp³-hybridized carbons (Fsp3) is 0.208. The molecule has 0 bridgehead atoms. The molecule has 0 spiro atoms. The maximum absolute atomic E-state index is 13.9. The average molecular weight is 469 g/mol. The lowest BCUT2D eigenvalue weighted by molar-refractivity contribution is 0.340. The first-order valence-corrected chi connectivity index (χ1v) is 10.6. The summed E-state index contributed by atoms with van der Waals surface area (Å²) in [5.74, 6) is 0.708.